The van der Waals surface area contributed by atoms with E-state index in [2.05, 4.69) is 36.1 Å². The summed E-state index contributed by atoms with van der Waals surface area (Å²) in [5.41, 5.74) is 2.54. The number of hydrogen-bond acceptors (Lipinski definition) is 6. The van der Waals surface area contributed by atoms with Gasteiger partial charge in [-0.15, -0.1) is 0 Å². The first kappa shape index (κ1) is 13.6. The van der Waals surface area contributed by atoms with Crippen LogP contribution in [0.4, 0.5) is 11.6 Å². The fourth-order valence-electron chi connectivity index (χ4n) is 2.81. The van der Waals surface area contributed by atoms with Crippen molar-refractivity contribution in [1.82, 2.24) is 9.97 Å². The Kier molecular flexibility index (Phi) is 3.30. The normalized spacial score (nSPS) is 25.9. The van der Waals surface area contributed by atoms with Crippen molar-refractivity contribution in [3.63, 3.8) is 0 Å². The summed E-state index contributed by atoms with van der Waals surface area (Å²) in [7, 11) is 0. The van der Waals surface area contributed by atoms with E-state index in [0.717, 1.165) is 37.6 Å². The SMILES string of the molecule is CC(C)(C)c1nc(NN)cc(N2CC3CCC(C2)O3)n1. The fourth-order valence-corrected chi connectivity index (χ4v) is 2.81. The van der Waals surface area contributed by atoms with Crippen LogP contribution >= 0.6 is 0 Å². The van der Waals surface area contributed by atoms with E-state index in [1.54, 1.807) is 0 Å². The first-order valence-electron chi connectivity index (χ1n) is 7.22. The zero-order valence-corrected chi connectivity index (χ0v) is 12.4. The molecule has 3 heterocycles. The number of nitrogens with one attached hydrogen (secondary N) is 1. The van der Waals surface area contributed by atoms with E-state index in [-0.39, 0.29) is 5.41 Å². The van der Waals surface area contributed by atoms with E-state index < -0.39 is 0 Å². The minimum absolute atomic E-state index is 0.104. The highest BCUT2D eigenvalue weighted by molar-refractivity contribution is 5.50. The summed E-state index contributed by atoms with van der Waals surface area (Å²) in [6, 6.07) is 1.92. The highest BCUT2D eigenvalue weighted by atomic mass is 16.5. The Labute approximate surface area is 119 Å². The second kappa shape index (κ2) is 4.86. The second-order valence-electron chi connectivity index (χ2n) is 6.69. The Morgan fingerprint density at radius 3 is 2.45 bits per heavy atom. The fraction of sp³-hybridized carbons (Fsp3) is 0.714. The number of nitrogens with two attached hydrogens (primary N) is 1. The number of nitrogen functional groups attached to an aromatic ring is 1. The maximum absolute atomic E-state index is 5.88. The van der Waals surface area contributed by atoms with E-state index in [0.29, 0.717) is 18.0 Å². The number of ether oxygens (including phenoxy) is 1. The topological polar surface area (TPSA) is 76.3 Å². The van der Waals surface area contributed by atoms with Gasteiger partial charge >= 0.3 is 0 Å². The molecule has 0 aromatic carbocycles. The van der Waals surface area contributed by atoms with E-state index in [1.165, 1.54) is 0 Å². The largest absolute Gasteiger partial charge is 0.371 e. The van der Waals surface area contributed by atoms with Crippen LogP contribution in [-0.2, 0) is 10.2 Å². The van der Waals surface area contributed by atoms with E-state index >= 15 is 0 Å². The summed E-state index contributed by atoms with van der Waals surface area (Å²) in [5, 5.41) is 0. The summed E-state index contributed by atoms with van der Waals surface area (Å²) in [6.07, 6.45) is 2.99. The lowest BCUT2D eigenvalue weighted by atomic mass is 9.96. The Morgan fingerprint density at radius 1 is 1.25 bits per heavy atom. The number of nitrogens with zero attached hydrogens (tertiary/aromatic N) is 3. The molecular weight excluding hydrogens is 254 g/mol. The molecule has 0 amide bonds. The third-order valence-electron chi connectivity index (χ3n) is 3.90. The number of anilines is 2. The van der Waals surface area contributed by atoms with Gasteiger partial charge in [-0.05, 0) is 12.8 Å². The predicted molar refractivity (Wildman–Crippen MR) is 78.7 cm³/mol. The molecule has 2 unspecified atom stereocenters. The van der Waals surface area contributed by atoms with Gasteiger partial charge in [0, 0.05) is 24.6 Å². The third-order valence-corrected chi connectivity index (χ3v) is 3.90. The zero-order chi connectivity index (χ0) is 14.3. The van der Waals surface area contributed by atoms with Crippen LogP contribution < -0.4 is 16.2 Å². The lowest BCUT2D eigenvalue weighted by Gasteiger charge is -2.33. The van der Waals surface area contributed by atoms with Crippen LogP contribution in [0.1, 0.15) is 39.4 Å². The maximum atomic E-state index is 5.88. The Balaban J connectivity index is 1.92. The standard InChI is InChI=1S/C14H23N5O/c1-14(2,3)13-16-11(18-15)6-12(17-13)19-7-9-4-5-10(8-19)20-9/h6,9-10H,4-5,7-8,15H2,1-3H3,(H,16,17,18). The molecule has 2 bridgehead atoms. The third kappa shape index (κ3) is 2.58. The lowest BCUT2D eigenvalue weighted by molar-refractivity contribution is 0.0302. The van der Waals surface area contributed by atoms with Gasteiger partial charge in [-0.2, -0.15) is 0 Å². The van der Waals surface area contributed by atoms with Crippen LogP contribution in [0.5, 0.6) is 0 Å². The van der Waals surface area contributed by atoms with Gasteiger partial charge in [-0.1, -0.05) is 20.8 Å². The van der Waals surface area contributed by atoms with Crippen molar-refractivity contribution in [2.75, 3.05) is 23.4 Å². The number of hydrazine groups is 1. The molecule has 3 rings (SSSR count). The molecule has 110 valence electrons. The van der Waals surface area contributed by atoms with Crippen molar-refractivity contribution >= 4 is 11.6 Å². The van der Waals surface area contributed by atoms with E-state index in [4.69, 9.17) is 15.6 Å². The summed E-state index contributed by atoms with van der Waals surface area (Å²) in [4.78, 5) is 11.5. The number of fused-ring (bicyclic) bond motifs is 2. The average Bonchev–Trinajstić information content (AvgIpc) is 2.76. The maximum Gasteiger partial charge on any atom is 0.145 e. The van der Waals surface area contributed by atoms with Crippen LogP contribution in [0.3, 0.4) is 0 Å². The predicted octanol–water partition coefficient (Wildman–Crippen LogP) is 1.43. The highest BCUT2D eigenvalue weighted by Crippen LogP contribution is 2.30. The van der Waals surface area contributed by atoms with Gasteiger partial charge in [0.1, 0.15) is 17.5 Å². The number of morpholine rings is 1. The molecule has 3 N–H and O–H groups in total. The number of aromatic nitrogens is 2. The molecular formula is C14H23N5O. The van der Waals surface area contributed by atoms with Gasteiger partial charge in [-0.3, -0.25) is 0 Å². The van der Waals surface area contributed by atoms with Crippen molar-refractivity contribution in [3.8, 4) is 0 Å². The first-order valence-corrected chi connectivity index (χ1v) is 7.22. The van der Waals surface area contributed by atoms with Crippen LogP contribution in [0.2, 0.25) is 0 Å². The molecule has 1 aromatic rings. The molecule has 6 heteroatoms. The van der Waals surface area contributed by atoms with Gasteiger partial charge in [0.05, 0.1) is 12.2 Å². The Hall–Kier alpha value is -1.40. The van der Waals surface area contributed by atoms with Gasteiger partial charge < -0.3 is 15.1 Å². The molecule has 0 spiro atoms. The molecule has 0 aliphatic carbocycles. The Morgan fingerprint density at radius 2 is 1.90 bits per heavy atom. The molecule has 1 aromatic heterocycles. The summed E-state index contributed by atoms with van der Waals surface area (Å²) in [5.74, 6) is 7.96. The first-order chi connectivity index (χ1) is 9.45. The summed E-state index contributed by atoms with van der Waals surface area (Å²) >= 11 is 0. The molecule has 2 aliphatic heterocycles. The van der Waals surface area contributed by atoms with Crippen LogP contribution in [-0.4, -0.2) is 35.3 Å². The minimum atomic E-state index is -0.104. The van der Waals surface area contributed by atoms with Crippen LogP contribution in [0.25, 0.3) is 0 Å². The second-order valence-corrected chi connectivity index (χ2v) is 6.69. The van der Waals surface area contributed by atoms with Crippen molar-refractivity contribution in [3.05, 3.63) is 11.9 Å². The molecule has 2 saturated heterocycles. The molecule has 0 saturated carbocycles. The smallest absolute Gasteiger partial charge is 0.145 e. The molecule has 0 radical (unpaired) electrons. The van der Waals surface area contributed by atoms with E-state index in [1.807, 2.05) is 6.07 Å². The van der Waals surface area contributed by atoms with Crippen molar-refractivity contribution in [1.29, 1.82) is 0 Å². The van der Waals surface area contributed by atoms with Crippen molar-refractivity contribution in [2.45, 2.75) is 51.2 Å². The van der Waals surface area contributed by atoms with Crippen LogP contribution in [0, 0.1) is 0 Å². The zero-order valence-electron chi connectivity index (χ0n) is 12.4. The lowest BCUT2D eigenvalue weighted by Crippen LogP contribution is -2.43. The monoisotopic (exact) mass is 277 g/mol. The molecule has 2 atom stereocenters. The number of hydrogen-bond donors (Lipinski definition) is 2. The quantitative estimate of drug-likeness (QED) is 0.629. The molecule has 2 fully saturated rings. The van der Waals surface area contributed by atoms with Gasteiger partial charge in [0.25, 0.3) is 0 Å². The minimum Gasteiger partial charge on any atom is -0.371 e. The van der Waals surface area contributed by atoms with Gasteiger partial charge in [0.2, 0.25) is 0 Å². The molecule has 20 heavy (non-hydrogen) atoms. The van der Waals surface area contributed by atoms with Crippen molar-refractivity contribution < 1.29 is 4.74 Å². The summed E-state index contributed by atoms with van der Waals surface area (Å²) < 4.78 is 5.88. The van der Waals surface area contributed by atoms with Gasteiger partial charge in [0.15, 0.2) is 0 Å². The average molecular weight is 277 g/mol. The van der Waals surface area contributed by atoms with Crippen LogP contribution in [0.15, 0.2) is 6.07 Å². The van der Waals surface area contributed by atoms with Crippen molar-refractivity contribution in [2.24, 2.45) is 5.84 Å². The highest BCUT2D eigenvalue weighted by Gasteiger charge is 2.34. The van der Waals surface area contributed by atoms with Gasteiger partial charge in [-0.25, -0.2) is 15.8 Å². The molecule has 6 nitrogen and oxygen atoms in total. The van der Waals surface area contributed by atoms with E-state index in [9.17, 15) is 0 Å². The Bertz CT molecular complexity index is 487. The number of rotatable bonds is 2. The summed E-state index contributed by atoms with van der Waals surface area (Å²) in [6.45, 7) is 8.13. The molecule has 2 aliphatic rings.